The highest BCUT2D eigenvalue weighted by atomic mass is 16.5. The number of benzene rings is 6. The van der Waals surface area contributed by atoms with Crippen molar-refractivity contribution in [3.05, 3.63) is 151 Å². The van der Waals surface area contributed by atoms with Gasteiger partial charge in [0, 0.05) is 40.2 Å². The lowest BCUT2D eigenvalue weighted by Crippen LogP contribution is -2.59. The third-order valence-corrected chi connectivity index (χ3v) is 9.61. The Hall–Kier alpha value is -5.22. The molecule has 0 saturated heterocycles. The number of rotatable bonds is 9. The van der Waals surface area contributed by atoms with Gasteiger partial charge in [-0.15, -0.1) is 0 Å². The quantitative estimate of drug-likeness (QED) is 0.120. The van der Waals surface area contributed by atoms with Crippen molar-refractivity contribution in [3.8, 4) is 11.5 Å². The van der Waals surface area contributed by atoms with Crippen LogP contribution in [0.3, 0.4) is 0 Å². The monoisotopic (exact) mass is 610 g/mol. The number of hydrogen-bond donors (Lipinski definition) is 0. The molecule has 2 aliphatic heterocycles. The molecule has 0 spiro atoms. The van der Waals surface area contributed by atoms with Gasteiger partial charge >= 0.3 is 0 Å². The van der Waals surface area contributed by atoms with Crippen LogP contribution in [-0.2, 0) is 6.42 Å². The standard InChI is InChI=1S/C43H39BN2O/c1-3-4-5-8-15-32-22-24-35(25-23-32)46-39-21-14-13-20-37(39)44-38-27-26-36(30-41(38)47-42-29-31(2)28-40(46)43(42)44)45(33-16-9-6-10-17-33)34-18-11-7-12-19-34/h6-7,9-14,16-30H,3-5,8,15H2,1-2H3. The maximum atomic E-state index is 6.90. The number of unbranched alkanes of at least 4 members (excludes halogenated alkanes) is 3. The number of aryl methyl sites for hydroxylation is 2. The van der Waals surface area contributed by atoms with Crippen LogP contribution in [0.25, 0.3) is 0 Å². The van der Waals surface area contributed by atoms with E-state index < -0.39 is 0 Å². The number of ether oxygens (including phenoxy) is 1. The number of hydrogen-bond acceptors (Lipinski definition) is 3. The zero-order valence-electron chi connectivity index (χ0n) is 27.2. The highest BCUT2D eigenvalue weighted by Crippen LogP contribution is 2.43. The molecular weight excluding hydrogens is 571 g/mol. The van der Waals surface area contributed by atoms with Crippen molar-refractivity contribution in [1.29, 1.82) is 0 Å². The van der Waals surface area contributed by atoms with Gasteiger partial charge in [-0.1, -0.05) is 99.0 Å². The van der Waals surface area contributed by atoms with E-state index in [1.165, 1.54) is 70.3 Å². The molecule has 0 bridgehead atoms. The number of nitrogens with zero attached hydrogens (tertiary/aromatic N) is 2. The first-order chi connectivity index (χ1) is 23.2. The second-order valence-electron chi connectivity index (χ2n) is 12.8. The van der Waals surface area contributed by atoms with Crippen LogP contribution in [0, 0.1) is 6.92 Å². The summed E-state index contributed by atoms with van der Waals surface area (Å²) in [5, 5.41) is 0. The molecule has 0 aliphatic carbocycles. The molecule has 4 heteroatoms. The summed E-state index contributed by atoms with van der Waals surface area (Å²) >= 11 is 0. The van der Waals surface area contributed by atoms with E-state index >= 15 is 0 Å². The fraction of sp³-hybridized carbons (Fsp3) is 0.163. The zero-order chi connectivity index (χ0) is 31.7. The average Bonchev–Trinajstić information content (AvgIpc) is 3.11. The molecule has 0 saturated carbocycles. The Bertz CT molecular complexity index is 1980. The summed E-state index contributed by atoms with van der Waals surface area (Å²) in [5.74, 6) is 1.84. The molecule has 47 heavy (non-hydrogen) atoms. The van der Waals surface area contributed by atoms with Gasteiger partial charge in [-0.2, -0.15) is 0 Å². The van der Waals surface area contributed by atoms with Crippen molar-refractivity contribution in [3.63, 3.8) is 0 Å². The Balaban J connectivity index is 1.22. The zero-order valence-corrected chi connectivity index (χ0v) is 27.2. The maximum Gasteiger partial charge on any atom is 0.256 e. The van der Waals surface area contributed by atoms with Crippen LogP contribution in [0.15, 0.2) is 140 Å². The highest BCUT2D eigenvalue weighted by molar-refractivity contribution is 6.99. The van der Waals surface area contributed by atoms with E-state index in [0.717, 1.165) is 35.0 Å². The molecule has 8 rings (SSSR count). The molecule has 0 unspecified atom stereocenters. The fourth-order valence-corrected chi connectivity index (χ4v) is 7.40. The summed E-state index contributed by atoms with van der Waals surface area (Å²) in [6.07, 6.45) is 6.27. The number of anilines is 6. The van der Waals surface area contributed by atoms with E-state index in [9.17, 15) is 0 Å². The first-order valence-electron chi connectivity index (χ1n) is 17.0. The topological polar surface area (TPSA) is 15.7 Å². The Morgan fingerprint density at radius 3 is 2.02 bits per heavy atom. The Labute approximate surface area is 279 Å². The molecule has 0 N–H and O–H groups in total. The lowest BCUT2D eigenvalue weighted by atomic mass is 9.34. The fourth-order valence-electron chi connectivity index (χ4n) is 7.40. The van der Waals surface area contributed by atoms with Gasteiger partial charge in [0.1, 0.15) is 11.5 Å². The van der Waals surface area contributed by atoms with Crippen molar-refractivity contribution in [2.24, 2.45) is 0 Å². The van der Waals surface area contributed by atoms with Crippen LogP contribution < -0.4 is 30.9 Å². The van der Waals surface area contributed by atoms with Crippen LogP contribution in [0.5, 0.6) is 11.5 Å². The van der Waals surface area contributed by atoms with Crippen LogP contribution in [0.4, 0.5) is 34.1 Å². The van der Waals surface area contributed by atoms with E-state index in [2.05, 4.69) is 163 Å². The smallest absolute Gasteiger partial charge is 0.256 e. The first-order valence-corrected chi connectivity index (χ1v) is 17.0. The molecule has 0 radical (unpaired) electrons. The van der Waals surface area contributed by atoms with Crippen molar-refractivity contribution < 1.29 is 4.74 Å². The van der Waals surface area contributed by atoms with Gasteiger partial charge in [-0.25, -0.2) is 0 Å². The Kier molecular flexibility index (Phi) is 7.78. The van der Waals surface area contributed by atoms with E-state index in [0.29, 0.717) is 0 Å². The summed E-state index contributed by atoms with van der Waals surface area (Å²) in [7, 11) is 0. The van der Waals surface area contributed by atoms with E-state index in [-0.39, 0.29) is 6.71 Å². The second-order valence-corrected chi connectivity index (χ2v) is 12.8. The largest absolute Gasteiger partial charge is 0.458 e. The van der Waals surface area contributed by atoms with E-state index in [4.69, 9.17) is 4.74 Å². The van der Waals surface area contributed by atoms with Crippen LogP contribution in [0.2, 0.25) is 0 Å². The molecule has 6 aromatic carbocycles. The minimum atomic E-state index is 0.0746. The molecule has 2 aliphatic rings. The summed E-state index contributed by atoms with van der Waals surface area (Å²) in [4.78, 5) is 4.73. The van der Waals surface area contributed by atoms with Crippen LogP contribution >= 0.6 is 0 Å². The van der Waals surface area contributed by atoms with Gasteiger partial charge in [0.2, 0.25) is 0 Å². The van der Waals surface area contributed by atoms with Gasteiger partial charge < -0.3 is 14.5 Å². The third-order valence-electron chi connectivity index (χ3n) is 9.61. The van der Waals surface area contributed by atoms with Gasteiger partial charge in [-0.05, 0) is 108 Å². The summed E-state index contributed by atoms with van der Waals surface area (Å²) in [6.45, 7) is 4.52. The SMILES string of the molecule is CCCCCCc1ccc(N2c3ccccc3B3c4ccc(N(c5ccccc5)c5ccccc5)cc4Oc4cc(C)cc2c43)cc1. The molecule has 230 valence electrons. The first kappa shape index (κ1) is 29.2. The predicted molar refractivity (Wildman–Crippen MR) is 200 cm³/mol. The minimum absolute atomic E-state index is 0.0746. The van der Waals surface area contributed by atoms with Crippen molar-refractivity contribution >= 4 is 57.2 Å². The second kappa shape index (κ2) is 12.5. The molecule has 0 fully saturated rings. The van der Waals surface area contributed by atoms with E-state index in [1.807, 2.05) is 0 Å². The molecule has 0 atom stereocenters. The molecule has 3 nitrogen and oxygen atoms in total. The molecular formula is C43H39BN2O. The number of fused-ring (bicyclic) bond motifs is 4. The molecule has 0 aromatic heterocycles. The average molecular weight is 611 g/mol. The third kappa shape index (κ3) is 5.38. The molecule has 6 aromatic rings. The highest BCUT2D eigenvalue weighted by Gasteiger charge is 2.42. The summed E-state index contributed by atoms with van der Waals surface area (Å²) in [6, 6.07) is 50.5. The van der Waals surface area contributed by atoms with Crippen molar-refractivity contribution in [1.82, 2.24) is 0 Å². The van der Waals surface area contributed by atoms with Crippen molar-refractivity contribution in [2.45, 2.75) is 46.0 Å². The summed E-state index contributed by atoms with van der Waals surface area (Å²) < 4.78 is 6.90. The van der Waals surface area contributed by atoms with Crippen LogP contribution in [0.1, 0.15) is 43.7 Å². The number of para-hydroxylation sites is 3. The van der Waals surface area contributed by atoms with Gasteiger partial charge in [0.15, 0.2) is 0 Å². The Morgan fingerprint density at radius 2 is 1.30 bits per heavy atom. The lowest BCUT2D eigenvalue weighted by Gasteiger charge is -2.40. The molecule has 0 amide bonds. The predicted octanol–water partition coefficient (Wildman–Crippen LogP) is 9.99. The van der Waals surface area contributed by atoms with Gasteiger partial charge in [-0.3, -0.25) is 0 Å². The lowest BCUT2D eigenvalue weighted by molar-refractivity contribution is 0.487. The molecule has 2 heterocycles. The Morgan fingerprint density at radius 1 is 0.596 bits per heavy atom. The maximum absolute atomic E-state index is 6.90. The minimum Gasteiger partial charge on any atom is -0.458 e. The van der Waals surface area contributed by atoms with Gasteiger partial charge in [0.05, 0.1) is 0 Å². The van der Waals surface area contributed by atoms with Crippen LogP contribution in [-0.4, -0.2) is 6.71 Å². The van der Waals surface area contributed by atoms with Crippen molar-refractivity contribution in [2.75, 3.05) is 9.80 Å². The normalized spacial score (nSPS) is 12.6. The van der Waals surface area contributed by atoms with Gasteiger partial charge in [0.25, 0.3) is 6.71 Å². The summed E-state index contributed by atoms with van der Waals surface area (Å²) in [5.41, 5.74) is 13.2. The van der Waals surface area contributed by atoms with E-state index in [1.54, 1.807) is 0 Å².